The van der Waals surface area contributed by atoms with Crippen LogP contribution >= 0.6 is 0 Å². The summed E-state index contributed by atoms with van der Waals surface area (Å²) in [5.74, 6) is -0.877. The van der Waals surface area contributed by atoms with Crippen LogP contribution in [-0.2, 0) is 4.79 Å². The van der Waals surface area contributed by atoms with E-state index in [9.17, 15) is 9.59 Å². The number of carboxylic acid groups (broad SMARTS) is 1. The summed E-state index contributed by atoms with van der Waals surface area (Å²) in [6.45, 7) is 4.23. The van der Waals surface area contributed by atoms with Crippen molar-refractivity contribution in [1.82, 2.24) is 10.6 Å². The van der Waals surface area contributed by atoms with E-state index >= 15 is 0 Å². The van der Waals surface area contributed by atoms with E-state index in [0.717, 1.165) is 19.3 Å². The molecule has 1 unspecified atom stereocenters. The highest BCUT2D eigenvalue weighted by Crippen LogP contribution is 2.30. The van der Waals surface area contributed by atoms with E-state index < -0.39 is 5.97 Å². The van der Waals surface area contributed by atoms with Gasteiger partial charge in [0.25, 0.3) is 0 Å². The minimum absolute atomic E-state index is 0.0440. The van der Waals surface area contributed by atoms with E-state index in [0.29, 0.717) is 6.54 Å². The summed E-state index contributed by atoms with van der Waals surface area (Å²) in [6, 6.07) is -0.195. The fourth-order valence-corrected chi connectivity index (χ4v) is 1.79. The molecule has 0 aliphatic heterocycles. The van der Waals surface area contributed by atoms with Crippen LogP contribution in [0.15, 0.2) is 0 Å². The first kappa shape index (κ1) is 12.8. The van der Waals surface area contributed by atoms with Crippen LogP contribution in [0.1, 0.15) is 39.5 Å². The molecule has 0 aromatic rings. The Bertz CT molecular complexity index is 274. The maximum absolute atomic E-state index is 11.5. The number of carboxylic acids is 1. The number of nitrogens with one attached hydrogen (secondary N) is 2. The smallest absolute Gasteiger partial charge is 0.315 e. The van der Waals surface area contributed by atoms with E-state index in [1.54, 1.807) is 6.92 Å². The van der Waals surface area contributed by atoms with Gasteiger partial charge in [-0.3, -0.25) is 4.79 Å². The molecule has 0 saturated heterocycles. The van der Waals surface area contributed by atoms with E-state index in [1.807, 2.05) is 6.92 Å². The van der Waals surface area contributed by atoms with E-state index in [1.165, 1.54) is 0 Å². The van der Waals surface area contributed by atoms with Crippen molar-refractivity contribution in [3.05, 3.63) is 0 Å². The quantitative estimate of drug-likeness (QED) is 0.664. The lowest BCUT2D eigenvalue weighted by Gasteiger charge is -2.39. The predicted molar refractivity (Wildman–Crippen MR) is 60.2 cm³/mol. The Morgan fingerprint density at radius 2 is 2.06 bits per heavy atom. The monoisotopic (exact) mass is 228 g/mol. The van der Waals surface area contributed by atoms with Gasteiger partial charge in [0, 0.05) is 18.5 Å². The molecule has 0 bridgehead atoms. The van der Waals surface area contributed by atoms with Gasteiger partial charge in [0.15, 0.2) is 0 Å². The van der Waals surface area contributed by atoms with Gasteiger partial charge in [0.2, 0.25) is 0 Å². The molecule has 0 radical (unpaired) electrons. The Morgan fingerprint density at radius 3 is 2.50 bits per heavy atom. The van der Waals surface area contributed by atoms with E-state index in [-0.39, 0.29) is 23.9 Å². The molecular weight excluding hydrogens is 208 g/mol. The van der Waals surface area contributed by atoms with Gasteiger partial charge in [-0.05, 0) is 32.1 Å². The second-order valence-corrected chi connectivity index (χ2v) is 4.95. The number of carbonyl (C=O) groups is 2. The third-order valence-electron chi connectivity index (χ3n) is 3.01. The maximum atomic E-state index is 11.5. The standard InChI is InChI=1S/C11H20N2O3/c1-8(6-9(14)15)7-12-10(16)13-11(2)4-3-5-11/h8H,3-7H2,1-2H3,(H,14,15)(H2,12,13,16). The van der Waals surface area contributed by atoms with Gasteiger partial charge in [-0.15, -0.1) is 0 Å². The molecule has 0 aromatic carbocycles. The van der Waals surface area contributed by atoms with Gasteiger partial charge >= 0.3 is 12.0 Å². The van der Waals surface area contributed by atoms with Crippen LogP contribution in [0.2, 0.25) is 0 Å². The molecule has 1 rings (SSSR count). The summed E-state index contributed by atoms with van der Waals surface area (Å²) in [7, 11) is 0. The summed E-state index contributed by atoms with van der Waals surface area (Å²) in [5.41, 5.74) is -0.0554. The highest BCUT2D eigenvalue weighted by atomic mass is 16.4. The average molecular weight is 228 g/mol. The minimum atomic E-state index is -0.833. The molecule has 1 fully saturated rings. The number of hydrogen-bond acceptors (Lipinski definition) is 2. The normalized spacial score (nSPS) is 19.4. The molecule has 16 heavy (non-hydrogen) atoms. The Balaban J connectivity index is 2.17. The van der Waals surface area contributed by atoms with Crippen molar-refractivity contribution in [3.63, 3.8) is 0 Å². The van der Waals surface area contributed by atoms with Gasteiger partial charge in [-0.2, -0.15) is 0 Å². The fraction of sp³-hybridized carbons (Fsp3) is 0.818. The van der Waals surface area contributed by atoms with Crippen LogP contribution in [0.25, 0.3) is 0 Å². The van der Waals surface area contributed by atoms with Crippen LogP contribution in [0, 0.1) is 5.92 Å². The van der Waals surface area contributed by atoms with Crippen molar-refractivity contribution in [2.24, 2.45) is 5.92 Å². The van der Waals surface area contributed by atoms with Gasteiger partial charge in [0.1, 0.15) is 0 Å². The largest absolute Gasteiger partial charge is 0.481 e. The Hall–Kier alpha value is -1.26. The zero-order valence-corrected chi connectivity index (χ0v) is 9.88. The highest BCUT2D eigenvalue weighted by molar-refractivity contribution is 5.75. The average Bonchev–Trinajstić information content (AvgIpc) is 2.11. The Kier molecular flexibility index (Phi) is 4.15. The maximum Gasteiger partial charge on any atom is 0.315 e. The number of urea groups is 1. The molecule has 0 spiro atoms. The van der Waals surface area contributed by atoms with Crippen molar-refractivity contribution in [2.45, 2.75) is 45.1 Å². The van der Waals surface area contributed by atoms with Crippen molar-refractivity contribution >= 4 is 12.0 Å². The van der Waals surface area contributed by atoms with E-state index in [4.69, 9.17) is 5.11 Å². The second kappa shape index (κ2) is 5.18. The zero-order valence-electron chi connectivity index (χ0n) is 9.88. The second-order valence-electron chi connectivity index (χ2n) is 4.95. The minimum Gasteiger partial charge on any atom is -0.481 e. The SMILES string of the molecule is CC(CNC(=O)NC1(C)CCC1)CC(=O)O. The number of aliphatic carboxylic acids is 1. The lowest BCUT2D eigenvalue weighted by molar-refractivity contribution is -0.137. The van der Waals surface area contributed by atoms with Gasteiger partial charge < -0.3 is 15.7 Å². The number of carbonyl (C=O) groups excluding carboxylic acids is 1. The molecule has 2 amide bonds. The molecule has 0 aromatic heterocycles. The predicted octanol–water partition coefficient (Wildman–Crippen LogP) is 1.34. The molecule has 5 nitrogen and oxygen atoms in total. The van der Waals surface area contributed by atoms with Gasteiger partial charge in [-0.25, -0.2) is 4.79 Å². The third-order valence-corrected chi connectivity index (χ3v) is 3.01. The van der Waals surface area contributed by atoms with Crippen LogP contribution in [-0.4, -0.2) is 29.2 Å². The Morgan fingerprint density at radius 1 is 1.44 bits per heavy atom. The van der Waals surface area contributed by atoms with E-state index in [2.05, 4.69) is 10.6 Å². The molecule has 5 heteroatoms. The molecule has 1 aliphatic carbocycles. The molecular formula is C11H20N2O3. The summed E-state index contributed by atoms with van der Waals surface area (Å²) < 4.78 is 0. The molecule has 1 atom stereocenters. The number of amides is 2. The zero-order chi connectivity index (χ0) is 12.2. The lowest BCUT2D eigenvalue weighted by atomic mass is 9.79. The van der Waals surface area contributed by atoms with Crippen LogP contribution in [0.5, 0.6) is 0 Å². The van der Waals surface area contributed by atoms with Crippen LogP contribution < -0.4 is 10.6 Å². The molecule has 0 heterocycles. The van der Waals surface area contributed by atoms with Crippen molar-refractivity contribution in [2.75, 3.05) is 6.54 Å². The molecule has 1 aliphatic rings. The fourth-order valence-electron chi connectivity index (χ4n) is 1.79. The molecule has 92 valence electrons. The van der Waals surface area contributed by atoms with Gasteiger partial charge in [0.05, 0.1) is 0 Å². The van der Waals surface area contributed by atoms with Crippen LogP contribution in [0.4, 0.5) is 4.79 Å². The number of hydrogen-bond donors (Lipinski definition) is 3. The molecule has 3 N–H and O–H groups in total. The van der Waals surface area contributed by atoms with Crippen molar-refractivity contribution in [3.8, 4) is 0 Å². The van der Waals surface area contributed by atoms with Crippen molar-refractivity contribution in [1.29, 1.82) is 0 Å². The van der Waals surface area contributed by atoms with Gasteiger partial charge in [-0.1, -0.05) is 6.92 Å². The summed E-state index contributed by atoms with van der Waals surface area (Å²) in [4.78, 5) is 21.9. The molecule has 1 saturated carbocycles. The summed E-state index contributed by atoms with van der Waals surface area (Å²) in [6.07, 6.45) is 3.28. The lowest BCUT2D eigenvalue weighted by Crippen LogP contribution is -2.54. The first-order valence-corrected chi connectivity index (χ1v) is 5.69. The topological polar surface area (TPSA) is 78.4 Å². The van der Waals surface area contributed by atoms with Crippen molar-refractivity contribution < 1.29 is 14.7 Å². The Labute approximate surface area is 95.6 Å². The highest BCUT2D eigenvalue weighted by Gasteiger charge is 2.33. The van der Waals surface area contributed by atoms with Crippen LogP contribution in [0.3, 0.4) is 0 Å². The summed E-state index contributed by atoms with van der Waals surface area (Å²) >= 11 is 0. The third kappa shape index (κ3) is 4.08. The number of rotatable bonds is 5. The first-order valence-electron chi connectivity index (χ1n) is 5.69. The summed E-state index contributed by atoms with van der Waals surface area (Å²) in [5, 5.41) is 14.2. The first-order chi connectivity index (χ1) is 7.41.